The van der Waals surface area contributed by atoms with Crippen LogP contribution in [-0.2, 0) is 0 Å². The number of Topliss-reactive ketones (excluding diaryl/α,β-unsaturated/α-hetero) is 1. The molecule has 5 nitrogen and oxygen atoms in total. The summed E-state index contributed by atoms with van der Waals surface area (Å²) in [5.74, 6) is 1.43. The summed E-state index contributed by atoms with van der Waals surface area (Å²) in [4.78, 5) is 16.2. The molecule has 0 unspecified atom stereocenters. The zero-order valence-electron chi connectivity index (χ0n) is 11.3. The number of aromatic nitrogens is 1. The van der Waals surface area contributed by atoms with E-state index in [1.807, 2.05) is 0 Å². The lowest BCUT2D eigenvalue weighted by atomic mass is 9.91. The second-order valence-electron chi connectivity index (χ2n) is 4.95. The smallest absolute Gasteiger partial charge is 0.226 e. The Morgan fingerprint density at radius 3 is 2.89 bits per heavy atom. The molecule has 2 rings (SSSR count). The number of nitrogens with one attached hydrogen (secondary N) is 1. The van der Waals surface area contributed by atoms with Crippen LogP contribution < -0.4 is 15.8 Å². The van der Waals surface area contributed by atoms with Crippen LogP contribution in [0.5, 0.6) is 5.88 Å². The van der Waals surface area contributed by atoms with Crippen molar-refractivity contribution in [2.24, 2.45) is 5.92 Å². The monoisotopic (exact) mass is 263 g/mol. The molecule has 104 valence electrons. The second-order valence-corrected chi connectivity index (χ2v) is 4.95. The fourth-order valence-corrected chi connectivity index (χ4v) is 2.46. The summed E-state index contributed by atoms with van der Waals surface area (Å²) in [7, 11) is 1.51. The highest BCUT2D eigenvalue weighted by molar-refractivity contribution is 5.98. The van der Waals surface area contributed by atoms with Gasteiger partial charge in [-0.3, -0.25) is 4.79 Å². The summed E-state index contributed by atoms with van der Waals surface area (Å²) in [6, 6.07) is 3.34. The Bertz CT molecular complexity index is 442. The molecule has 1 aromatic rings. The van der Waals surface area contributed by atoms with Crippen molar-refractivity contribution in [1.29, 1.82) is 0 Å². The number of carbonyl (C=O) groups excluding carboxylic acids is 1. The van der Waals surface area contributed by atoms with Gasteiger partial charge in [-0.2, -0.15) is 4.98 Å². The van der Waals surface area contributed by atoms with Gasteiger partial charge < -0.3 is 15.8 Å². The van der Waals surface area contributed by atoms with E-state index in [-0.39, 0.29) is 5.78 Å². The average molecular weight is 263 g/mol. The molecular weight excluding hydrogens is 242 g/mol. The number of nitrogens with two attached hydrogens (primary N) is 1. The van der Waals surface area contributed by atoms with Crippen molar-refractivity contribution in [3.05, 3.63) is 17.7 Å². The zero-order chi connectivity index (χ0) is 13.7. The first-order valence-corrected chi connectivity index (χ1v) is 6.75. The van der Waals surface area contributed by atoms with Crippen molar-refractivity contribution in [2.45, 2.75) is 25.7 Å². The quantitative estimate of drug-likeness (QED) is 0.790. The molecule has 0 radical (unpaired) electrons. The van der Waals surface area contributed by atoms with Crippen molar-refractivity contribution >= 4 is 11.6 Å². The molecule has 3 N–H and O–H groups in total. The van der Waals surface area contributed by atoms with Crippen LogP contribution in [-0.4, -0.2) is 31.0 Å². The Morgan fingerprint density at radius 2 is 2.21 bits per heavy atom. The number of ether oxygens (including phenoxy) is 1. The minimum atomic E-state index is 0.0860. The Kier molecular flexibility index (Phi) is 4.74. The summed E-state index contributed by atoms with van der Waals surface area (Å²) in [5, 5.41) is 3.33. The molecule has 1 aliphatic rings. The first kappa shape index (κ1) is 13.8. The van der Waals surface area contributed by atoms with Crippen LogP contribution in [0.25, 0.3) is 0 Å². The minimum absolute atomic E-state index is 0.0860. The van der Waals surface area contributed by atoms with Gasteiger partial charge in [0.15, 0.2) is 5.78 Å². The largest absolute Gasteiger partial charge is 0.480 e. The Balaban J connectivity index is 1.95. The maximum atomic E-state index is 12.2. The number of piperidine rings is 1. The number of rotatable bonds is 5. The third-order valence-corrected chi connectivity index (χ3v) is 3.61. The van der Waals surface area contributed by atoms with Gasteiger partial charge in [-0.25, -0.2) is 0 Å². The molecule has 0 aromatic carbocycles. The Hall–Kier alpha value is -1.62. The van der Waals surface area contributed by atoms with E-state index in [2.05, 4.69) is 10.3 Å². The van der Waals surface area contributed by atoms with Gasteiger partial charge in [0.25, 0.3) is 0 Å². The van der Waals surface area contributed by atoms with Crippen LogP contribution in [0.4, 0.5) is 5.82 Å². The highest BCUT2D eigenvalue weighted by Gasteiger charge is 2.18. The molecule has 2 heterocycles. The van der Waals surface area contributed by atoms with E-state index in [4.69, 9.17) is 10.5 Å². The summed E-state index contributed by atoms with van der Waals surface area (Å²) < 4.78 is 5.12. The number of ketones is 1. The number of methoxy groups -OCH3 is 1. The van der Waals surface area contributed by atoms with Gasteiger partial charge in [-0.1, -0.05) is 0 Å². The van der Waals surface area contributed by atoms with Crippen LogP contribution in [0, 0.1) is 5.92 Å². The lowest BCUT2D eigenvalue weighted by molar-refractivity contribution is 0.0967. The topological polar surface area (TPSA) is 77.2 Å². The molecule has 1 aromatic heterocycles. The summed E-state index contributed by atoms with van der Waals surface area (Å²) >= 11 is 0. The number of anilines is 1. The molecule has 0 spiro atoms. The van der Waals surface area contributed by atoms with Gasteiger partial charge in [-0.05, 0) is 50.4 Å². The lowest BCUT2D eigenvalue weighted by Gasteiger charge is -2.22. The maximum absolute atomic E-state index is 12.2. The van der Waals surface area contributed by atoms with E-state index in [0.29, 0.717) is 29.6 Å². The summed E-state index contributed by atoms with van der Waals surface area (Å²) in [5.41, 5.74) is 6.12. The Labute approximate surface area is 113 Å². The molecule has 0 saturated carbocycles. The van der Waals surface area contributed by atoms with Crippen LogP contribution in [0.3, 0.4) is 0 Å². The fourth-order valence-electron chi connectivity index (χ4n) is 2.46. The van der Waals surface area contributed by atoms with E-state index in [9.17, 15) is 4.79 Å². The van der Waals surface area contributed by atoms with Gasteiger partial charge in [0.05, 0.1) is 12.7 Å². The predicted octanol–water partition coefficient (Wildman–Crippen LogP) is 1.63. The summed E-state index contributed by atoms with van der Waals surface area (Å²) in [6.45, 7) is 2.12. The van der Waals surface area contributed by atoms with Crippen LogP contribution in [0.1, 0.15) is 36.0 Å². The highest BCUT2D eigenvalue weighted by Crippen LogP contribution is 2.23. The van der Waals surface area contributed by atoms with E-state index in [1.165, 1.54) is 7.11 Å². The molecule has 1 fully saturated rings. The molecule has 0 bridgehead atoms. The predicted molar refractivity (Wildman–Crippen MR) is 74.4 cm³/mol. The van der Waals surface area contributed by atoms with Crippen molar-refractivity contribution in [2.75, 3.05) is 25.9 Å². The maximum Gasteiger partial charge on any atom is 0.226 e. The highest BCUT2D eigenvalue weighted by atomic mass is 16.5. The van der Waals surface area contributed by atoms with E-state index in [1.54, 1.807) is 12.1 Å². The van der Waals surface area contributed by atoms with Gasteiger partial charge in [-0.15, -0.1) is 0 Å². The lowest BCUT2D eigenvalue weighted by Crippen LogP contribution is -2.28. The van der Waals surface area contributed by atoms with Crippen molar-refractivity contribution in [3.8, 4) is 5.88 Å². The number of hydrogen-bond acceptors (Lipinski definition) is 5. The van der Waals surface area contributed by atoms with Gasteiger partial charge in [0.2, 0.25) is 5.88 Å². The summed E-state index contributed by atoms with van der Waals surface area (Å²) in [6.07, 6.45) is 3.80. The van der Waals surface area contributed by atoms with Crippen LogP contribution >= 0.6 is 0 Å². The molecule has 19 heavy (non-hydrogen) atoms. The van der Waals surface area contributed by atoms with E-state index in [0.717, 1.165) is 32.4 Å². The normalized spacial score (nSPS) is 16.3. The molecule has 1 saturated heterocycles. The first-order chi connectivity index (χ1) is 9.20. The minimum Gasteiger partial charge on any atom is -0.480 e. The number of nitrogens with zero attached hydrogens (tertiary/aromatic N) is 1. The standard InChI is InChI=1S/C14H21N3O2/c1-19-14-11(3-5-13(15)17-14)12(18)4-2-10-6-8-16-9-7-10/h3,5,10,16H,2,4,6-9H2,1H3,(H2,15,17). The molecule has 1 aliphatic heterocycles. The zero-order valence-corrected chi connectivity index (χ0v) is 11.3. The van der Waals surface area contributed by atoms with Crippen molar-refractivity contribution in [1.82, 2.24) is 10.3 Å². The first-order valence-electron chi connectivity index (χ1n) is 6.75. The molecule has 0 aliphatic carbocycles. The molecular formula is C14H21N3O2. The van der Waals surface area contributed by atoms with Crippen LogP contribution in [0.15, 0.2) is 12.1 Å². The fraction of sp³-hybridized carbons (Fsp3) is 0.571. The third-order valence-electron chi connectivity index (χ3n) is 3.61. The van der Waals surface area contributed by atoms with Gasteiger partial charge in [0, 0.05) is 6.42 Å². The second kappa shape index (κ2) is 6.52. The number of pyridine rings is 1. The third kappa shape index (κ3) is 3.67. The SMILES string of the molecule is COc1nc(N)ccc1C(=O)CCC1CCNCC1. The number of carbonyl (C=O) groups is 1. The van der Waals surface area contributed by atoms with Gasteiger partial charge in [0.1, 0.15) is 5.82 Å². The van der Waals surface area contributed by atoms with Crippen molar-refractivity contribution in [3.63, 3.8) is 0 Å². The van der Waals surface area contributed by atoms with Gasteiger partial charge >= 0.3 is 0 Å². The molecule has 0 amide bonds. The molecule has 0 atom stereocenters. The van der Waals surface area contributed by atoms with Crippen LogP contribution in [0.2, 0.25) is 0 Å². The van der Waals surface area contributed by atoms with E-state index >= 15 is 0 Å². The number of nitrogen functional groups attached to an aromatic ring is 1. The Morgan fingerprint density at radius 1 is 1.47 bits per heavy atom. The molecule has 5 heteroatoms. The number of hydrogen-bond donors (Lipinski definition) is 2. The average Bonchev–Trinajstić information content (AvgIpc) is 2.45. The van der Waals surface area contributed by atoms with Crippen molar-refractivity contribution < 1.29 is 9.53 Å². The van der Waals surface area contributed by atoms with E-state index < -0.39 is 0 Å².